The molecule has 0 aliphatic carbocycles. The standard InChI is InChI=1S/C18H17N3O3/c1-21(2)16-9-12(7-8-19-16)11-20-17(22)14-10-13-5-3-4-6-15(13)24-18(14)23/h3-10H,11H2,1-2H3,(H,20,22). The topological polar surface area (TPSA) is 75.4 Å². The van der Waals surface area contributed by atoms with Crippen molar-refractivity contribution >= 4 is 22.7 Å². The number of pyridine rings is 1. The molecule has 0 bridgehead atoms. The Morgan fingerprint density at radius 2 is 2.00 bits per heavy atom. The summed E-state index contributed by atoms with van der Waals surface area (Å²) in [5.41, 5.74) is 0.710. The number of anilines is 1. The first-order valence-electron chi connectivity index (χ1n) is 7.48. The lowest BCUT2D eigenvalue weighted by molar-refractivity contribution is 0.0947. The van der Waals surface area contributed by atoms with E-state index in [-0.39, 0.29) is 5.56 Å². The van der Waals surface area contributed by atoms with Gasteiger partial charge >= 0.3 is 5.63 Å². The van der Waals surface area contributed by atoms with Crippen molar-refractivity contribution in [2.75, 3.05) is 19.0 Å². The van der Waals surface area contributed by atoms with E-state index in [0.29, 0.717) is 17.5 Å². The third kappa shape index (κ3) is 3.27. The number of hydrogen-bond acceptors (Lipinski definition) is 5. The number of carbonyl (C=O) groups excluding carboxylic acids is 1. The van der Waals surface area contributed by atoms with Gasteiger partial charge in [0.25, 0.3) is 5.91 Å². The lowest BCUT2D eigenvalue weighted by Gasteiger charge is -2.12. The summed E-state index contributed by atoms with van der Waals surface area (Å²) in [4.78, 5) is 30.4. The van der Waals surface area contributed by atoms with Crippen LogP contribution in [-0.2, 0) is 6.54 Å². The average molecular weight is 323 g/mol. The number of aromatic nitrogens is 1. The van der Waals surface area contributed by atoms with Crippen molar-refractivity contribution in [1.82, 2.24) is 10.3 Å². The highest BCUT2D eigenvalue weighted by molar-refractivity contribution is 5.96. The summed E-state index contributed by atoms with van der Waals surface area (Å²) in [5.74, 6) is 0.338. The van der Waals surface area contributed by atoms with Gasteiger partial charge in [-0.2, -0.15) is 0 Å². The highest BCUT2D eigenvalue weighted by Gasteiger charge is 2.13. The maximum absolute atomic E-state index is 12.3. The van der Waals surface area contributed by atoms with Crippen LogP contribution in [0.2, 0.25) is 0 Å². The Morgan fingerprint density at radius 3 is 2.79 bits per heavy atom. The third-order valence-electron chi connectivity index (χ3n) is 3.61. The summed E-state index contributed by atoms with van der Waals surface area (Å²) < 4.78 is 5.18. The highest BCUT2D eigenvalue weighted by atomic mass is 16.4. The van der Waals surface area contributed by atoms with Gasteiger partial charge in [0.05, 0.1) is 0 Å². The van der Waals surface area contributed by atoms with Crippen molar-refractivity contribution in [2.24, 2.45) is 0 Å². The van der Waals surface area contributed by atoms with Gasteiger partial charge in [0, 0.05) is 32.2 Å². The summed E-state index contributed by atoms with van der Waals surface area (Å²) >= 11 is 0. The fourth-order valence-corrected chi connectivity index (χ4v) is 2.31. The summed E-state index contributed by atoms with van der Waals surface area (Å²) in [6, 6.07) is 12.3. The monoisotopic (exact) mass is 323 g/mol. The summed E-state index contributed by atoms with van der Waals surface area (Å²) in [6.45, 7) is 0.300. The maximum Gasteiger partial charge on any atom is 0.349 e. The Hall–Kier alpha value is -3.15. The smallest absolute Gasteiger partial charge is 0.349 e. The first-order chi connectivity index (χ1) is 11.5. The van der Waals surface area contributed by atoms with Crippen LogP contribution in [0.5, 0.6) is 0 Å². The minimum absolute atomic E-state index is 0.00408. The summed E-state index contributed by atoms with van der Waals surface area (Å²) in [5, 5.41) is 3.45. The van der Waals surface area contributed by atoms with E-state index in [9.17, 15) is 9.59 Å². The van der Waals surface area contributed by atoms with E-state index in [1.54, 1.807) is 30.5 Å². The zero-order valence-electron chi connectivity index (χ0n) is 13.4. The average Bonchev–Trinajstić information content (AvgIpc) is 2.59. The number of fused-ring (bicyclic) bond motifs is 1. The van der Waals surface area contributed by atoms with Crippen LogP contribution in [0.25, 0.3) is 11.0 Å². The van der Waals surface area contributed by atoms with Crippen LogP contribution in [-0.4, -0.2) is 25.0 Å². The van der Waals surface area contributed by atoms with Crippen LogP contribution in [0.1, 0.15) is 15.9 Å². The molecule has 0 unspecified atom stereocenters. The van der Waals surface area contributed by atoms with E-state index in [1.165, 1.54) is 0 Å². The van der Waals surface area contributed by atoms with Crippen LogP contribution in [0.15, 0.2) is 57.9 Å². The molecule has 2 heterocycles. The number of carbonyl (C=O) groups is 1. The second-order valence-corrected chi connectivity index (χ2v) is 5.58. The summed E-state index contributed by atoms with van der Waals surface area (Å²) in [7, 11) is 3.79. The zero-order chi connectivity index (χ0) is 17.1. The second-order valence-electron chi connectivity index (χ2n) is 5.58. The molecule has 1 N–H and O–H groups in total. The SMILES string of the molecule is CN(C)c1cc(CNC(=O)c2cc3ccccc3oc2=O)ccn1. The quantitative estimate of drug-likeness (QED) is 0.745. The molecule has 122 valence electrons. The summed E-state index contributed by atoms with van der Waals surface area (Å²) in [6.07, 6.45) is 1.68. The molecule has 2 aromatic heterocycles. The predicted molar refractivity (Wildman–Crippen MR) is 92.2 cm³/mol. The molecular formula is C18H17N3O3. The van der Waals surface area contributed by atoms with Crippen molar-refractivity contribution in [2.45, 2.75) is 6.54 Å². The fourth-order valence-electron chi connectivity index (χ4n) is 2.31. The number of para-hydroxylation sites is 1. The van der Waals surface area contributed by atoms with Gasteiger partial charge in [-0.3, -0.25) is 4.79 Å². The highest BCUT2D eigenvalue weighted by Crippen LogP contribution is 2.13. The number of nitrogens with zero attached hydrogens (tertiary/aromatic N) is 2. The Labute approximate surface area is 138 Å². The number of hydrogen-bond donors (Lipinski definition) is 1. The van der Waals surface area contributed by atoms with E-state index in [4.69, 9.17) is 4.42 Å². The molecule has 3 aromatic rings. The lowest BCUT2D eigenvalue weighted by atomic mass is 10.1. The van der Waals surface area contributed by atoms with E-state index in [1.807, 2.05) is 37.2 Å². The van der Waals surface area contributed by atoms with Crippen molar-refractivity contribution in [3.8, 4) is 0 Å². The Balaban J connectivity index is 1.79. The first-order valence-corrected chi connectivity index (χ1v) is 7.48. The molecule has 24 heavy (non-hydrogen) atoms. The molecule has 0 atom stereocenters. The lowest BCUT2D eigenvalue weighted by Crippen LogP contribution is -2.28. The predicted octanol–water partition coefficient (Wildman–Crippen LogP) is 2.18. The molecule has 1 amide bonds. The van der Waals surface area contributed by atoms with Crippen molar-refractivity contribution in [3.63, 3.8) is 0 Å². The van der Waals surface area contributed by atoms with Crippen LogP contribution < -0.4 is 15.8 Å². The van der Waals surface area contributed by atoms with Gasteiger partial charge in [0.15, 0.2) is 0 Å². The normalized spacial score (nSPS) is 10.6. The van der Waals surface area contributed by atoms with E-state index < -0.39 is 11.5 Å². The zero-order valence-corrected chi connectivity index (χ0v) is 13.4. The van der Waals surface area contributed by atoms with E-state index in [0.717, 1.165) is 11.4 Å². The van der Waals surface area contributed by atoms with Crippen LogP contribution >= 0.6 is 0 Å². The molecule has 0 spiro atoms. The Morgan fingerprint density at radius 1 is 1.21 bits per heavy atom. The van der Waals surface area contributed by atoms with Gasteiger partial charge in [0.2, 0.25) is 0 Å². The van der Waals surface area contributed by atoms with Crippen molar-refractivity contribution in [1.29, 1.82) is 0 Å². The number of nitrogens with one attached hydrogen (secondary N) is 1. The molecule has 3 rings (SSSR count). The molecule has 0 saturated carbocycles. The molecular weight excluding hydrogens is 306 g/mol. The van der Waals surface area contributed by atoms with E-state index in [2.05, 4.69) is 10.3 Å². The molecule has 0 saturated heterocycles. The fraction of sp³-hybridized carbons (Fsp3) is 0.167. The first kappa shape index (κ1) is 15.7. The van der Waals surface area contributed by atoms with Crippen LogP contribution in [0, 0.1) is 0 Å². The molecule has 0 aliphatic rings. The molecule has 0 radical (unpaired) electrons. The number of rotatable bonds is 4. The molecule has 6 heteroatoms. The van der Waals surface area contributed by atoms with Gasteiger partial charge in [0.1, 0.15) is 17.0 Å². The van der Waals surface area contributed by atoms with Crippen molar-refractivity contribution < 1.29 is 9.21 Å². The number of benzene rings is 1. The minimum Gasteiger partial charge on any atom is -0.422 e. The van der Waals surface area contributed by atoms with Gasteiger partial charge in [-0.1, -0.05) is 18.2 Å². The third-order valence-corrected chi connectivity index (χ3v) is 3.61. The van der Waals surface area contributed by atoms with Crippen LogP contribution in [0.3, 0.4) is 0 Å². The van der Waals surface area contributed by atoms with Crippen molar-refractivity contribution in [3.05, 3.63) is 70.2 Å². The minimum atomic E-state index is -0.644. The largest absolute Gasteiger partial charge is 0.422 e. The maximum atomic E-state index is 12.3. The second kappa shape index (κ2) is 6.54. The Kier molecular flexibility index (Phi) is 4.29. The van der Waals surface area contributed by atoms with Gasteiger partial charge in [-0.05, 0) is 29.8 Å². The van der Waals surface area contributed by atoms with Gasteiger partial charge in [-0.15, -0.1) is 0 Å². The molecule has 6 nitrogen and oxygen atoms in total. The Bertz CT molecular complexity index is 947. The molecule has 0 aliphatic heterocycles. The van der Waals surface area contributed by atoms with E-state index >= 15 is 0 Å². The number of amides is 1. The van der Waals surface area contributed by atoms with Gasteiger partial charge < -0.3 is 14.6 Å². The van der Waals surface area contributed by atoms with Crippen LogP contribution in [0.4, 0.5) is 5.82 Å². The van der Waals surface area contributed by atoms with Gasteiger partial charge in [-0.25, -0.2) is 9.78 Å². The molecule has 1 aromatic carbocycles. The molecule has 0 fully saturated rings.